The van der Waals surface area contributed by atoms with Crippen LogP contribution in [0.15, 0.2) is 29.6 Å². The standard InChI is InChI=1S/C21H21F5N4O2S.CO2/c1-11-3-13(18-14(23)4-12(22)5-15(18)24)19(27-7-11)20(10-31)6-17(28-32-20)30-8-16(29-33-2)21(25,26)9-30;2-1-3/h3-5,7,16,29,31H,6,8-10H2,1-2H3;/t16-,20?;/m1./s1. The number of oxime groups is 1. The van der Waals surface area contributed by atoms with E-state index in [1.165, 1.54) is 17.2 Å². The molecule has 0 saturated carbocycles. The predicted molar refractivity (Wildman–Crippen MR) is 118 cm³/mol. The predicted octanol–water partition coefficient (Wildman–Crippen LogP) is 3.00. The molecular weight excluding hydrogens is 511 g/mol. The van der Waals surface area contributed by atoms with Crippen LogP contribution in [0.2, 0.25) is 0 Å². The molecule has 0 bridgehead atoms. The van der Waals surface area contributed by atoms with Gasteiger partial charge in [-0.25, -0.2) is 22.0 Å². The third kappa shape index (κ3) is 5.36. The number of likely N-dealkylation sites (tertiary alicyclic amines) is 1. The van der Waals surface area contributed by atoms with E-state index < -0.39 is 53.7 Å². The Hall–Kier alpha value is -3.06. The molecule has 1 fully saturated rings. The molecule has 2 aliphatic rings. The largest absolute Gasteiger partial charge is 0.392 e. The Morgan fingerprint density at radius 3 is 2.47 bits per heavy atom. The summed E-state index contributed by atoms with van der Waals surface area (Å²) in [6, 6.07) is 1.40. The second-order valence-corrected chi connectivity index (χ2v) is 8.82. The topological polar surface area (TPSA) is 104 Å². The molecule has 1 unspecified atom stereocenters. The molecule has 2 aliphatic heterocycles. The van der Waals surface area contributed by atoms with Gasteiger partial charge in [0.25, 0.3) is 5.92 Å². The number of rotatable bonds is 5. The molecule has 0 aliphatic carbocycles. The monoisotopic (exact) mass is 532 g/mol. The summed E-state index contributed by atoms with van der Waals surface area (Å²) in [4.78, 5) is 27.4. The summed E-state index contributed by atoms with van der Waals surface area (Å²) < 4.78 is 74.1. The lowest BCUT2D eigenvalue weighted by atomic mass is 9.88. The Labute approximate surface area is 206 Å². The number of amidine groups is 1. The molecule has 1 aromatic heterocycles. The van der Waals surface area contributed by atoms with Crippen LogP contribution in [0.25, 0.3) is 11.1 Å². The van der Waals surface area contributed by atoms with E-state index in [9.17, 15) is 27.1 Å². The molecule has 2 aromatic rings. The van der Waals surface area contributed by atoms with Crippen LogP contribution in [0.5, 0.6) is 0 Å². The van der Waals surface area contributed by atoms with Gasteiger partial charge in [0.1, 0.15) is 29.3 Å². The molecule has 194 valence electrons. The Morgan fingerprint density at radius 1 is 1.25 bits per heavy atom. The average molecular weight is 532 g/mol. The second kappa shape index (κ2) is 10.9. The Bertz CT molecular complexity index is 1170. The Balaban J connectivity index is 0.00000115. The molecule has 1 saturated heterocycles. The first-order valence-corrected chi connectivity index (χ1v) is 11.6. The summed E-state index contributed by atoms with van der Waals surface area (Å²) in [5.74, 6) is -6.26. The molecule has 14 heteroatoms. The van der Waals surface area contributed by atoms with Crippen molar-refractivity contribution in [3.8, 4) is 11.1 Å². The highest BCUT2D eigenvalue weighted by atomic mass is 32.2. The number of nitrogens with one attached hydrogen (secondary N) is 1. The van der Waals surface area contributed by atoms with Crippen molar-refractivity contribution >= 4 is 23.9 Å². The van der Waals surface area contributed by atoms with Gasteiger partial charge in [-0.1, -0.05) is 17.1 Å². The number of nitrogens with zero attached hydrogens (tertiary/aromatic N) is 3. The van der Waals surface area contributed by atoms with E-state index in [1.54, 1.807) is 13.2 Å². The van der Waals surface area contributed by atoms with Crippen LogP contribution >= 0.6 is 11.9 Å². The summed E-state index contributed by atoms with van der Waals surface area (Å²) in [5, 5.41) is 14.1. The van der Waals surface area contributed by atoms with Crippen molar-refractivity contribution in [3.05, 3.63) is 53.1 Å². The van der Waals surface area contributed by atoms with E-state index >= 15 is 0 Å². The number of aryl methyl sites for hydroxylation is 1. The van der Waals surface area contributed by atoms with Crippen LogP contribution in [0.3, 0.4) is 0 Å². The van der Waals surface area contributed by atoms with Crippen LogP contribution in [-0.2, 0) is 20.0 Å². The fraction of sp³-hybridized carbons (Fsp3) is 0.409. The van der Waals surface area contributed by atoms with Gasteiger partial charge in [-0.15, -0.1) is 0 Å². The minimum atomic E-state index is -3.02. The number of carbonyl (C=O) groups excluding carboxylic acids is 2. The van der Waals surface area contributed by atoms with Crippen LogP contribution in [0.1, 0.15) is 17.7 Å². The SMILES string of the molecule is CSN[C@@H]1CN(C2=NOC(CO)(c3ncc(C)cc3-c3c(F)cc(F)cc3F)C2)CC1(F)F.O=C=O. The lowest BCUT2D eigenvalue weighted by Gasteiger charge is -2.27. The van der Waals surface area contributed by atoms with E-state index in [2.05, 4.69) is 14.9 Å². The highest BCUT2D eigenvalue weighted by molar-refractivity contribution is 7.96. The number of hydrogen-bond acceptors (Lipinski definition) is 9. The zero-order valence-corrected chi connectivity index (χ0v) is 19.8. The number of pyridine rings is 1. The molecule has 2 atom stereocenters. The zero-order valence-electron chi connectivity index (χ0n) is 19.0. The van der Waals surface area contributed by atoms with Crippen molar-refractivity contribution in [3.63, 3.8) is 0 Å². The fourth-order valence-electron chi connectivity index (χ4n) is 4.08. The maximum absolute atomic E-state index is 14.6. The Kier molecular flexibility index (Phi) is 8.34. The van der Waals surface area contributed by atoms with Gasteiger partial charge in [-0.05, 0) is 24.8 Å². The molecule has 0 radical (unpaired) electrons. The number of hydrogen-bond donors (Lipinski definition) is 2. The molecule has 4 rings (SSSR count). The third-order valence-corrected chi connectivity index (χ3v) is 6.22. The number of alkyl halides is 2. The molecule has 3 heterocycles. The second-order valence-electron chi connectivity index (χ2n) is 8.18. The lowest BCUT2D eigenvalue weighted by Crippen LogP contribution is -2.40. The molecule has 36 heavy (non-hydrogen) atoms. The van der Waals surface area contributed by atoms with Gasteiger partial charge in [0.05, 0.1) is 30.8 Å². The van der Waals surface area contributed by atoms with Gasteiger partial charge in [0, 0.05) is 30.4 Å². The van der Waals surface area contributed by atoms with Gasteiger partial charge < -0.3 is 14.8 Å². The highest BCUT2D eigenvalue weighted by Crippen LogP contribution is 2.42. The molecule has 8 nitrogen and oxygen atoms in total. The summed E-state index contributed by atoms with van der Waals surface area (Å²) >= 11 is 1.08. The first-order valence-electron chi connectivity index (χ1n) is 10.4. The van der Waals surface area contributed by atoms with E-state index in [0.717, 1.165) is 11.9 Å². The normalized spacial score (nSPS) is 22.4. The summed E-state index contributed by atoms with van der Waals surface area (Å²) in [7, 11) is 0. The summed E-state index contributed by atoms with van der Waals surface area (Å²) in [5.41, 5.74) is -1.74. The van der Waals surface area contributed by atoms with Crippen molar-refractivity contribution < 1.29 is 41.5 Å². The molecular formula is C22H21F5N4O4S. The quantitative estimate of drug-likeness (QED) is 0.448. The fourth-order valence-corrected chi connectivity index (χ4v) is 4.62. The lowest BCUT2D eigenvalue weighted by molar-refractivity contribution is -0.191. The maximum Gasteiger partial charge on any atom is 0.373 e. The average Bonchev–Trinajstić information content (AvgIpc) is 3.36. The van der Waals surface area contributed by atoms with Crippen LogP contribution < -0.4 is 4.72 Å². The number of aromatic nitrogens is 1. The van der Waals surface area contributed by atoms with Crippen molar-refractivity contribution in [2.24, 2.45) is 5.16 Å². The van der Waals surface area contributed by atoms with E-state index in [0.29, 0.717) is 17.7 Å². The van der Waals surface area contributed by atoms with Crippen LogP contribution in [0, 0.1) is 24.4 Å². The van der Waals surface area contributed by atoms with Gasteiger partial charge in [0.2, 0.25) is 5.60 Å². The molecule has 0 spiro atoms. The van der Waals surface area contributed by atoms with E-state index in [4.69, 9.17) is 14.4 Å². The number of aliphatic hydroxyl groups is 1. The van der Waals surface area contributed by atoms with Crippen molar-refractivity contribution in [1.82, 2.24) is 14.6 Å². The summed E-state index contributed by atoms with van der Waals surface area (Å²) in [6.07, 6.45) is 3.16. The first-order chi connectivity index (χ1) is 17.0. The third-order valence-electron chi connectivity index (χ3n) is 5.70. The van der Waals surface area contributed by atoms with Crippen molar-refractivity contribution in [2.45, 2.75) is 30.9 Å². The Morgan fingerprint density at radius 2 is 1.89 bits per heavy atom. The number of halogens is 5. The molecule has 2 N–H and O–H groups in total. The molecule has 1 aromatic carbocycles. The zero-order chi connectivity index (χ0) is 26.7. The van der Waals surface area contributed by atoms with Gasteiger partial charge in [-0.3, -0.25) is 9.71 Å². The smallest absolute Gasteiger partial charge is 0.373 e. The van der Waals surface area contributed by atoms with Crippen molar-refractivity contribution in [1.29, 1.82) is 0 Å². The van der Waals surface area contributed by atoms with Gasteiger partial charge in [0.15, 0.2) is 0 Å². The van der Waals surface area contributed by atoms with Gasteiger partial charge in [-0.2, -0.15) is 9.59 Å². The maximum atomic E-state index is 14.6. The van der Waals surface area contributed by atoms with E-state index in [1.807, 2.05) is 0 Å². The van der Waals surface area contributed by atoms with Crippen LogP contribution in [-0.4, -0.2) is 64.9 Å². The van der Waals surface area contributed by atoms with E-state index in [-0.39, 0.29) is 36.2 Å². The van der Waals surface area contributed by atoms with Crippen molar-refractivity contribution in [2.75, 3.05) is 26.0 Å². The van der Waals surface area contributed by atoms with Gasteiger partial charge >= 0.3 is 6.15 Å². The highest BCUT2D eigenvalue weighted by Gasteiger charge is 2.52. The minimum absolute atomic E-state index is 0.0384. The number of aliphatic hydroxyl groups excluding tert-OH is 1. The molecule has 0 amide bonds. The minimum Gasteiger partial charge on any atom is -0.392 e. The van der Waals surface area contributed by atoms with Crippen LogP contribution in [0.4, 0.5) is 22.0 Å². The first kappa shape index (κ1) is 27.5. The number of benzene rings is 1. The summed E-state index contributed by atoms with van der Waals surface area (Å²) in [6.45, 7) is 0.301.